The molecule has 0 aromatic heterocycles. The zero-order valence-corrected chi connectivity index (χ0v) is 12.3. The first kappa shape index (κ1) is 14.3. The molecule has 2 atom stereocenters. The van der Waals surface area contributed by atoms with E-state index >= 15 is 0 Å². The van der Waals surface area contributed by atoms with E-state index in [0.717, 1.165) is 12.0 Å². The molecule has 0 aromatic rings. The molecule has 3 heteroatoms. The van der Waals surface area contributed by atoms with Crippen molar-refractivity contribution in [2.24, 2.45) is 5.92 Å². The third-order valence-electron chi connectivity index (χ3n) is 4.64. The number of hydrogen-bond donors (Lipinski definition) is 1. The topological polar surface area (TPSA) is 18.5 Å². The molecular formula is C15H31N3. The SMILES string of the molecule is CC1CN(C)CCCN1CCCC1CCCNC1. The van der Waals surface area contributed by atoms with E-state index in [1.54, 1.807) is 0 Å². The van der Waals surface area contributed by atoms with Gasteiger partial charge in [-0.2, -0.15) is 0 Å². The minimum atomic E-state index is 0.738. The van der Waals surface area contributed by atoms with Crippen LogP contribution in [0.15, 0.2) is 0 Å². The van der Waals surface area contributed by atoms with Gasteiger partial charge in [0.05, 0.1) is 0 Å². The maximum atomic E-state index is 3.53. The average Bonchev–Trinajstić information content (AvgIpc) is 2.52. The Balaban J connectivity index is 1.65. The summed E-state index contributed by atoms with van der Waals surface area (Å²) in [6.07, 6.45) is 6.99. The van der Waals surface area contributed by atoms with Gasteiger partial charge in [0.15, 0.2) is 0 Å². The Hall–Kier alpha value is -0.120. The molecule has 106 valence electrons. The first-order valence-corrected chi connectivity index (χ1v) is 7.89. The van der Waals surface area contributed by atoms with Gasteiger partial charge in [-0.3, -0.25) is 4.90 Å². The van der Waals surface area contributed by atoms with Gasteiger partial charge >= 0.3 is 0 Å². The lowest BCUT2D eigenvalue weighted by Gasteiger charge is -2.29. The smallest absolute Gasteiger partial charge is 0.0194 e. The van der Waals surface area contributed by atoms with Crippen molar-refractivity contribution in [1.29, 1.82) is 0 Å². The summed E-state index contributed by atoms with van der Waals surface area (Å²) >= 11 is 0. The molecule has 2 saturated heterocycles. The van der Waals surface area contributed by atoms with Gasteiger partial charge in [0, 0.05) is 12.6 Å². The summed E-state index contributed by atoms with van der Waals surface area (Å²) in [5.74, 6) is 0.948. The minimum Gasteiger partial charge on any atom is -0.316 e. The Bertz CT molecular complexity index is 226. The van der Waals surface area contributed by atoms with Crippen LogP contribution in [-0.4, -0.2) is 62.2 Å². The Kier molecular flexibility index (Phi) is 5.93. The maximum absolute atomic E-state index is 3.53. The number of nitrogens with one attached hydrogen (secondary N) is 1. The van der Waals surface area contributed by atoms with Crippen molar-refractivity contribution in [3.63, 3.8) is 0 Å². The summed E-state index contributed by atoms with van der Waals surface area (Å²) < 4.78 is 0. The molecule has 0 amide bonds. The van der Waals surface area contributed by atoms with Gasteiger partial charge in [0.25, 0.3) is 0 Å². The van der Waals surface area contributed by atoms with E-state index in [1.165, 1.54) is 71.4 Å². The summed E-state index contributed by atoms with van der Waals surface area (Å²) in [4.78, 5) is 5.19. The van der Waals surface area contributed by atoms with Crippen molar-refractivity contribution in [3.8, 4) is 0 Å². The summed E-state index contributed by atoms with van der Waals surface area (Å²) in [7, 11) is 2.26. The van der Waals surface area contributed by atoms with E-state index in [2.05, 4.69) is 29.1 Å². The van der Waals surface area contributed by atoms with Crippen molar-refractivity contribution in [1.82, 2.24) is 15.1 Å². The molecule has 0 radical (unpaired) electrons. The highest BCUT2D eigenvalue weighted by molar-refractivity contribution is 4.76. The van der Waals surface area contributed by atoms with Crippen LogP contribution in [0.25, 0.3) is 0 Å². The van der Waals surface area contributed by atoms with E-state index < -0.39 is 0 Å². The van der Waals surface area contributed by atoms with Gasteiger partial charge in [-0.25, -0.2) is 0 Å². The van der Waals surface area contributed by atoms with Crippen LogP contribution in [0.4, 0.5) is 0 Å². The van der Waals surface area contributed by atoms with Crippen molar-refractivity contribution in [2.45, 2.75) is 45.1 Å². The molecule has 0 aliphatic carbocycles. The lowest BCUT2D eigenvalue weighted by Crippen LogP contribution is -2.38. The zero-order chi connectivity index (χ0) is 12.8. The van der Waals surface area contributed by atoms with Crippen LogP contribution in [0.5, 0.6) is 0 Å². The molecule has 2 heterocycles. The Morgan fingerprint density at radius 3 is 2.89 bits per heavy atom. The lowest BCUT2D eigenvalue weighted by atomic mass is 9.94. The van der Waals surface area contributed by atoms with Crippen LogP contribution in [0, 0.1) is 5.92 Å². The summed E-state index contributed by atoms with van der Waals surface area (Å²) in [5, 5.41) is 3.53. The molecule has 18 heavy (non-hydrogen) atoms. The molecule has 0 spiro atoms. The second kappa shape index (κ2) is 7.46. The highest BCUT2D eigenvalue weighted by Crippen LogP contribution is 2.17. The second-order valence-corrected chi connectivity index (χ2v) is 6.36. The highest BCUT2D eigenvalue weighted by Gasteiger charge is 2.19. The van der Waals surface area contributed by atoms with Crippen LogP contribution in [0.2, 0.25) is 0 Å². The summed E-state index contributed by atoms with van der Waals surface area (Å²) in [6, 6.07) is 0.738. The van der Waals surface area contributed by atoms with Crippen molar-refractivity contribution in [3.05, 3.63) is 0 Å². The number of likely N-dealkylation sites (N-methyl/N-ethyl adjacent to an activating group) is 1. The predicted molar refractivity (Wildman–Crippen MR) is 78.0 cm³/mol. The van der Waals surface area contributed by atoms with Gasteiger partial charge in [0.1, 0.15) is 0 Å². The molecule has 2 aliphatic heterocycles. The van der Waals surface area contributed by atoms with Gasteiger partial charge < -0.3 is 10.2 Å². The van der Waals surface area contributed by atoms with Gasteiger partial charge in [-0.1, -0.05) is 0 Å². The average molecular weight is 253 g/mol. The van der Waals surface area contributed by atoms with E-state index in [1.807, 2.05) is 0 Å². The molecule has 2 rings (SSSR count). The predicted octanol–water partition coefficient (Wildman–Crippen LogP) is 1.79. The lowest BCUT2D eigenvalue weighted by molar-refractivity contribution is 0.193. The molecule has 2 unspecified atom stereocenters. The Morgan fingerprint density at radius 1 is 1.22 bits per heavy atom. The second-order valence-electron chi connectivity index (χ2n) is 6.36. The van der Waals surface area contributed by atoms with Crippen molar-refractivity contribution in [2.75, 3.05) is 46.3 Å². The standard InChI is InChI=1S/C15H31N3/c1-14-13-17(2)9-5-11-18(14)10-4-7-15-6-3-8-16-12-15/h14-16H,3-13H2,1-2H3. The van der Waals surface area contributed by atoms with Crippen LogP contribution >= 0.6 is 0 Å². The minimum absolute atomic E-state index is 0.738. The van der Waals surface area contributed by atoms with Gasteiger partial charge in [-0.15, -0.1) is 0 Å². The number of nitrogens with zero attached hydrogens (tertiary/aromatic N) is 2. The molecule has 2 fully saturated rings. The molecule has 0 bridgehead atoms. The molecule has 2 aliphatic rings. The monoisotopic (exact) mass is 253 g/mol. The van der Waals surface area contributed by atoms with Crippen LogP contribution in [0.1, 0.15) is 39.0 Å². The highest BCUT2D eigenvalue weighted by atomic mass is 15.2. The molecule has 0 aromatic carbocycles. The van der Waals surface area contributed by atoms with Crippen LogP contribution < -0.4 is 5.32 Å². The first-order valence-electron chi connectivity index (χ1n) is 7.89. The number of rotatable bonds is 4. The van der Waals surface area contributed by atoms with Crippen LogP contribution in [-0.2, 0) is 0 Å². The van der Waals surface area contributed by atoms with Crippen molar-refractivity contribution >= 4 is 0 Å². The Labute approximate surface area is 113 Å². The number of piperidine rings is 1. The fraction of sp³-hybridized carbons (Fsp3) is 1.00. The van der Waals surface area contributed by atoms with E-state index in [4.69, 9.17) is 0 Å². The van der Waals surface area contributed by atoms with Gasteiger partial charge in [-0.05, 0) is 84.7 Å². The zero-order valence-electron chi connectivity index (χ0n) is 12.3. The molecular weight excluding hydrogens is 222 g/mol. The quantitative estimate of drug-likeness (QED) is 0.824. The summed E-state index contributed by atoms with van der Waals surface area (Å²) in [6.45, 7) is 10.0. The fourth-order valence-electron chi connectivity index (χ4n) is 3.51. The van der Waals surface area contributed by atoms with Crippen LogP contribution in [0.3, 0.4) is 0 Å². The normalized spacial score (nSPS) is 32.3. The Morgan fingerprint density at radius 2 is 2.11 bits per heavy atom. The number of hydrogen-bond acceptors (Lipinski definition) is 3. The van der Waals surface area contributed by atoms with E-state index in [-0.39, 0.29) is 0 Å². The molecule has 1 N–H and O–H groups in total. The largest absolute Gasteiger partial charge is 0.316 e. The third kappa shape index (κ3) is 4.52. The maximum Gasteiger partial charge on any atom is 0.0194 e. The molecule has 3 nitrogen and oxygen atoms in total. The van der Waals surface area contributed by atoms with E-state index in [9.17, 15) is 0 Å². The fourth-order valence-corrected chi connectivity index (χ4v) is 3.51. The summed E-state index contributed by atoms with van der Waals surface area (Å²) in [5.41, 5.74) is 0. The third-order valence-corrected chi connectivity index (χ3v) is 4.64. The van der Waals surface area contributed by atoms with Crippen molar-refractivity contribution < 1.29 is 0 Å². The van der Waals surface area contributed by atoms with Gasteiger partial charge in [0.2, 0.25) is 0 Å². The first-order chi connectivity index (χ1) is 8.75. The van der Waals surface area contributed by atoms with E-state index in [0.29, 0.717) is 0 Å². The molecule has 0 saturated carbocycles.